The first kappa shape index (κ1) is 12.6. The van der Waals surface area contributed by atoms with Gasteiger partial charge in [-0.15, -0.1) is 0 Å². The van der Waals surface area contributed by atoms with Crippen molar-refractivity contribution < 1.29 is 9.90 Å². The number of hydrogen-bond acceptors (Lipinski definition) is 4. The first-order chi connectivity index (χ1) is 8.58. The molecule has 2 aromatic rings. The van der Waals surface area contributed by atoms with E-state index in [4.69, 9.17) is 0 Å². The second-order valence-corrected chi connectivity index (χ2v) is 4.93. The van der Waals surface area contributed by atoms with Gasteiger partial charge >= 0.3 is 5.97 Å². The Morgan fingerprint density at radius 2 is 1.94 bits per heavy atom. The lowest BCUT2D eigenvalue weighted by molar-refractivity contribution is 0.0691. The molecule has 0 fully saturated rings. The quantitative estimate of drug-likeness (QED) is 0.919. The minimum Gasteiger partial charge on any atom is -0.478 e. The number of rotatable bonds is 3. The average Bonchev–Trinajstić information content (AvgIpc) is 2.28. The smallest absolute Gasteiger partial charge is 0.338 e. The Kier molecular flexibility index (Phi) is 3.62. The van der Waals surface area contributed by atoms with E-state index in [0.717, 1.165) is 10.6 Å². The van der Waals surface area contributed by atoms with Crippen molar-refractivity contribution in [1.29, 1.82) is 0 Å². The molecule has 1 N–H and O–H groups in total. The van der Waals surface area contributed by atoms with Gasteiger partial charge in [-0.2, -0.15) is 0 Å². The summed E-state index contributed by atoms with van der Waals surface area (Å²) < 4.78 is 0. The van der Waals surface area contributed by atoms with Crippen LogP contribution in [0.15, 0.2) is 40.4 Å². The summed E-state index contributed by atoms with van der Waals surface area (Å²) in [6.07, 6.45) is 3.37. The van der Waals surface area contributed by atoms with Gasteiger partial charge in [0.1, 0.15) is 0 Å². The highest BCUT2D eigenvalue weighted by molar-refractivity contribution is 7.99. The summed E-state index contributed by atoms with van der Waals surface area (Å²) in [4.78, 5) is 21.1. The molecule has 2 rings (SSSR count). The van der Waals surface area contributed by atoms with Crippen molar-refractivity contribution in [3.05, 3.63) is 47.5 Å². The standard InChI is InChI=1S/C13H12N2O2S/c1-8-7-11(12(13(16)17)9(2)15-8)18-10-3-5-14-6-4-10/h3-7H,1-2H3,(H,16,17). The van der Waals surface area contributed by atoms with E-state index in [9.17, 15) is 9.90 Å². The van der Waals surface area contributed by atoms with Crippen molar-refractivity contribution in [3.8, 4) is 0 Å². The molecule has 18 heavy (non-hydrogen) atoms. The fraction of sp³-hybridized carbons (Fsp3) is 0.154. The van der Waals surface area contributed by atoms with Gasteiger partial charge in [0.2, 0.25) is 0 Å². The molecule has 2 heterocycles. The van der Waals surface area contributed by atoms with E-state index in [1.165, 1.54) is 11.8 Å². The third kappa shape index (κ3) is 2.68. The number of carboxylic acid groups (broad SMARTS) is 1. The molecule has 4 nitrogen and oxygen atoms in total. The number of carboxylic acids is 1. The van der Waals surface area contributed by atoms with Crippen LogP contribution in [-0.2, 0) is 0 Å². The summed E-state index contributed by atoms with van der Waals surface area (Å²) >= 11 is 1.41. The molecular weight excluding hydrogens is 248 g/mol. The fourth-order valence-corrected chi connectivity index (χ4v) is 2.75. The summed E-state index contributed by atoms with van der Waals surface area (Å²) in [5, 5.41) is 9.25. The van der Waals surface area contributed by atoms with Gasteiger partial charge in [0.05, 0.1) is 11.3 Å². The highest BCUT2D eigenvalue weighted by Gasteiger charge is 2.16. The van der Waals surface area contributed by atoms with Crippen molar-refractivity contribution in [2.75, 3.05) is 0 Å². The van der Waals surface area contributed by atoms with Crippen LogP contribution in [0.5, 0.6) is 0 Å². The van der Waals surface area contributed by atoms with E-state index in [1.54, 1.807) is 25.4 Å². The highest BCUT2D eigenvalue weighted by Crippen LogP contribution is 2.31. The molecule has 5 heteroatoms. The predicted molar refractivity (Wildman–Crippen MR) is 69.0 cm³/mol. The number of aryl methyl sites for hydroxylation is 2. The maximum atomic E-state index is 11.3. The SMILES string of the molecule is Cc1cc(Sc2ccncc2)c(C(=O)O)c(C)n1. The second-order valence-electron chi connectivity index (χ2n) is 3.81. The molecule has 0 aliphatic carbocycles. The Morgan fingerprint density at radius 1 is 1.28 bits per heavy atom. The van der Waals surface area contributed by atoms with Crippen LogP contribution in [0.4, 0.5) is 0 Å². The highest BCUT2D eigenvalue weighted by atomic mass is 32.2. The lowest BCUT2D eigenvalue weighted by Gasteiger charge is -2.09. The molecule has 0 amide bonds. The van der Waals surface area contributed by atoms with E-state index in [-0.39, 0.29) is 5.56 Å². The Balaban J connectivity index is 2.46. The van der Waals surface area contributed by atoms with Crippen LogP contribution in [-0.4, -0.2) is 21.0 Å². The van der Waals surface area contributed by atoms with Crippen molar-refractivity contribution in [2.45, 2.75) is 23.6 Å². The van der Waals surface area contributed by atoms with Crippen LogP contribution in [0.25, 0.3) is 0 Å². The Hall–Kier alpha value is -1.88. The predicted octanol–water partition coefficient (Wildman–Crippen LogP) is 2.94. The number of carbonyl (C=O) groups is 1. The monoisotopic (exact) mass is 260 g/mol. The molecule has 0 aliphatic rings. The topological polar surface area (TPSA) is 63.1 Å². The van der Waals surface area contributed by atoms with Crippen LogP contribution < -0.4 is 0 Å². The summed E-state index contributed by atoms with van der Waals surface area (Å²) in [6, 6.07) is 5.49. The lowest BCUT2D eigenvalue weighted by Crippen LogP contribution is -2.05. The molecule has 0 saturated carbocycles. The summed E-state index contributed by atoms with van der Waals surface area (Å²) in [6.45, 7) is 3.57. The summed E-state index contributed by atoms with van der Waals surface area (Å²) in [5.74, 6) is -0.948. The minimum absolute atomic E-state index is 0.266. The maximum absolute atomic E-state index is 11.3. The molecule has 0 aromatic carbocycles. The Morgan fingerprint density at radius 3 is 2.56 bits per heavy atom. The van der Waals surface area contributed by atoms with Crippen molar-refractivity contribution in [1.82, 2.24) is 9.97 Å². The van der Waals surface area contributed by atoms with Gasteiger partial charge in [0.25, 0.3) is 0 Å². The molecule has 0 spiro atoms. The van der Waals surface area contributed by atoms with Gasteiger partial charge in [-0.3, -0.25) is 9.97 Å². The van der Waals surface area contributed by atoms with Gasteiger partial charge in [-0.1, -0.05) is 11.8 Å². The lowest BCUT2D eigenvalue weighted by atomic mass is 10.2. The van der Waals surface area contributed by atoms with Gasteiger partial charge in [0.15, 0.2) is 0 Å². The van der Waals surface area contributed by atoms with Crippen molar-refractivity contribution >= 4 is 17.7 Å². The van der Waals surface area contributed by atoms with Gasteiger partial charge in [-0.05, 0) is 32.0 Å². The minimum atomic E-state index is -0.948. The van der Waals surface area contributed by atoms with Gasteiger partial charge < -0.3 is 5.11 Å². The molecule has 2 aromatic heterocycles. The molecule has 0 aliphatic heterocycles. The van der Waals surface area contributed by atoms with Crippen LogP contribution in [0.1, 0.15) is 21.7 Å². The van der Waals surface area contributed by atoms with Crippen LogP contribution in [0.3, 0.4) is 0 Å². The zero-order valence-corrected chi connectivity index (χ0v) is 10.9. The van der Waals surface area contributed by atoms with Crippen LogP contribution >= 0.6 is 11.8 Å². The largest absolute Gasteiger partial charge is 0.478 e. The Labute approximate surface area is 109 Å². The molecule has 0 unspecified atom stereocenters. The molecule has 0 radical (unpaired) electrons. The molecule has 0 bridgehead atoms. The first-order valence-electron chi connectivity index (χ1n) is 5.37. The van der Waals surface area contributed by atoms with Crippen molar-refractivity contribution in [3.63, 3.8) is 0 Å². The zero-order chi connectivity index (χ0) is 13.1. The summed E-state index contributed by atoms with van der Waals surface area (Å²) in [5.41, 5.74) is 1.62. The van der Waals surface area contributed by atoms with Crippen LogP contribution in [0, 0.1) is 13.8 Å². The number of hydrogen-bond donors (Lipinski definition) is 1. The first-order valence-corrected chi connectivity index (χ1v) is 6.19. The second kappa shape index (κ2) is 5.18. The van der Waals surface area contributed by atoms with Gasteiger partial charge in [0, 0.05) is 27.9 Å². The molecule has 0 saturated heterocycles. The number of nitrogens with zero attached hydrogens (tertiary/aromatic N) is 2. The fourth-order valence-electron chi connectivity index (χ4n) is 1.67. The maximum Gasteiger partial charge on any atom is 0.338 e. The third-order valence-corrected chi connectivity index (χ3v) is 3.43. The van der Waals surface area contributed by atoms with E-state index >= 15 is 0 Å². The number of aromatic nitrogens is 2. The van der Waals surface area contributed by atoms with E-state index in [2.05, 4.69) is 9.97 Å². The normalized spacial score (nSPS) is 10.3. The summed E-state index contributed by atoms with van der Waals surface area (Å²) in [7, 11) is 0. The zero-order valence-electron chi connectivity index (χ0n) is 10.0. The molecule has 92 valence electrons. The third-order valence-electron chi connectivity index (χ3n) is 2.38. The van der Waals surface area contributed by atoms with E-state index < -0.39 is 5.97 Å². The molecule has 0 atom stereocenters. The van der Waals surface area contributed by atoms with Crippen molar-refractivity contribution in [2.24, 2.45) is 0 Å². The Bertz CT molecular complexity index is 585. The van der Waals surface area contributed by atoms with Crippen LogP contribution in [0.2, 0.25) is 0 Å². The number of aromatic carboxylic acids is 1. The van der Waals surface area contributed by atoms with E-state index in [1.807, 2.05) is 19.1 Å². The molecular formula is C13H12N2O2S. The van der Waals surface area contributed by atoms with E-state index in [0.29, 0.717) is 10.6 Å². The number of pyridine rings is 2. The average molecular weight is 260 g/mol. The van der Waals surface area contributed by atoms with Gasteiger partial charge in [-0.25, -0.2) is 4.79 Å².